The molecule has 3 heteroatoms. The van der Waals surface area contributed by atoms with Gasteiger partial charge in [-0.25, -0.2) is 0 Å². The molecule has 0 bridgehead atoms. The molecule has 1 aliphatic heterocycles. The normalized spacial score (nSPS) is 15.7. The van der Waals surface area contributed by atoms with Gasteiger partial charge in [0.2, 0.25) is 5.91 Å². The molecule has 0 saturated carbocycles. The SMILES string of the molecule is CC1(C)C(=O)N(Cc2ccc(C#N)cc2)c2ccccc21. The van der Waals surface area contributed by atoms with E-state index in [9.17, 15) is 4.79 Å². The van der Waals surface area contributed by atoms with Crippen LogP contribution in [-0.2, 0) is 16.8 Å². The van der Waals surface area contributed by atoms with Crippen molar-refractivity contribution in [3.05, 3.63) is 65.2 Å². The Morgan fingerprint density at radius 1 is 1.10 bits per heavy atom. The van der Waals surface area contributed by atoms with Crippen LogP contribution in [0.2, 0.25) is 0 Å². The van der Waals surface area contributed by atoms with Gasteiger partial charge < -0.3 is 4.90 Å². The summed E-state index contributed by atoms with van der Waals surface area (Å²) in [6.45, 7) is 4.46. The van der Waals surface area contributed by atoms with Crippen molar-refractivity contribution in [1.82, 2.24) is 0 Å². The van der Waals surface area contributed by atoms with Crippen LogP contribution in [0.25, 0.3) is 0 Å². The molecule has 2 aromatic rings. The largest absolute Gasteiger partial charge is 0.307 e. The zero-order chi connectivity index (χ0) is 15.0. The molecule has 2 aromatic carbocycles. The van der Waals surface area contributed by atoms with E-state index >= 15 is 0 Å². The molecule has 0 aliphatic carbocycles. The van der Waals surface area contributed by atoms with E-state index in [4.69, 9.17) is 5.26 Å². The molecule has 3 nitrogen and oxygen atoms in total. The minimum absolute atomic E-state index is 0.119. The number of anilines is 1. The Bertz CT molecular complexity index is 739. The molecule has 0 spiro atoms. The van der Waals surface area contributed by atoms with Crippen LogP contribution >= 0.6 is 0 Å². The molecule has 0 radical (unpaired) electrons. The third-order valence-electron chi connectivity index (χ3n) is 4.07. The Kier molecular flexibility index (Phi) is 3.03. The molecule has 0 fully saturated rings. The van der Waals surface area contributed by atoms with Crippen molar-refractivity contribution in [1.29, 1.82) is 5.26 Å². The number of hydrogen-bond acceptors (Lipinski definition) is 2. The smallest absolute Gasteiger partial charge is 0.237 e. The summed E-state index contributed by atoms with van der Waals surface area (Å²) >= 11 is 0. The van der Waals surface area contributed by atoms with Crippen molar-refractivity contribution in [2.75, 3.05) is 4.90 Å². The van der Waals surface area contributed by atoms with E-state index < -0.39 is 5.41 Å². The van der Waals surface area contributed by atoms with E-state index in [-0.39, 0.29) is 5.91 Å². The van der Waals surface area contributed by atoms with Crippen molar-refractivity contribution in [3.63, 3.8) is 0 Å². The third-order valence-corrected chi connectivity index (χ3v) is 4.07. The molecule has 104 valence electrons. The summed E-state index contributed by atoms with van der Waals surface area (Å²) in [5, 5.41) is 8.84. The Morgan fingerprint density at radius 2 is 1.76 bits per heavy atom. The predicted molar refractivity (Wildman–Crippen MR) is 81.8 cm³/mol. The lowest BCUT2D eigenvalue weighted by Gasteiger charge is -2.20. The van der Waals surface area contributed by atoms with Gasteiger partial charge in [0.1, 0.15) is 0 Å². The maximum atomic E-state index is 12.7. The molecule has 0 aromatic heterocycles. The van der Waals surface area contributed by atoms with Crippen LogP contribution in [0.15, 0.2) is 48.5 Å². The van der Waals surface area contributed by atoms with E-state index in [1.165, 1.54) is 0 Å². The van der Waals surface area contributed by atoms with Crippen LogP contribution in [0.1, 0.15) is 30.5 Å². The van der Waals surface area contributed by atoms with Crippen LogP contribution in [0.4, 0.5) is 5.69 Å². The van der Waals surface area contributed by atoms with E-state index in [0.717, 1.165) is 16.8 Å². The molecule has 0 N–H and O–H groups in total. The first-order valence-electron chi connectivity index (χ1n) is 6.94. The maximum Gasteiger partial charge on any atom is 0.237 e. The highest BCUT2D eigenvalue weighted by molar-refractivity contribution is 6.07. The van der Waals surface area contributed by atoms with Gasteiger partial charge in [-0.05, 0) is 43.2 Å². The molecule has 1 heterocycles. The van der Waals surface area contributed by atoms with Gasteiger partial charge in [-0.1, -0.05) is 30.3 Å². The second-order valence-corrected chi connectivity index (χ2v) is 5.84. The number of amides is 1. The van der Waals surface area contributed by atoms with Gasteiger partial charge in [0.05, 0.1) is 23.6 Å². The molecular weight excluding hydrogens is 260 g/mol. The number of benzene rings is 2. The summed E-state index contributed by atoms with van der Waals surface area (Å²) in [7, 11) is 0. The van der Waals surface area contributed by atoms with Crippen LogP contribution in [0.5, 0.6) is 0 Å². The highest BCUT2D eigenvalue weighted by Crippen LogP contribution is 2.41. The highest BCUT2D eigenvalue weighted by atomic mass is 16.2. The fourth-order valence-corrected chi connectivity index (χ4v) is 2.82. The quantitative estimate of drug-likeness (QED) is 0.844. The number of fused-ring (bicyclic) bond motifs is 1. The second-order valence-electron chi connectivity index (χ2n) is 5.84. The van der Waals surface area contributed by atoms with Gasteiger partial charge >= 0.3 is 0 Å². The number of carbonyl (C=O) groups excluding carboxylic acids is 1. The van der Waals surface area contributed by atoms with Crippen LogP contribution < -0.4 is 4.90 Å². The fourth-order valence-electron chi connectivity index (χ4n) is 2.82. The van der Waals surface area contributed by atoms with Crippen molar-refractivity contribution in [2.24, 2.45) is 0 Å². The number of para-hydroxylation sites is 1. The van der Waals surface area contributed by atoms with Crippen molar-refractivity contribution in [3.8, 4) is 6.07 Å². The molecular formula is C18H16N2O. The summed E-state index contributed by atoms with van der Waals surface area (Å²) < 4.78 is 0. The van der Waals surface area contributed by atoms with Gasteiger partial charge in [-0.3, -0.25) is 4.79 Å². The Labute approximate surface area is 124 Å². The highest BCUT2D eigenvalue weighted by Gasteiger charge is 2.43. The lowest BCUT2D eigenvalue weighted by Crippen LogP contribution is -2.35. The average Bonchev–Trinajstić information content (AvgIpc) is 2.70. The Hall–Kier alpha value is -2.60. The van der Waals surface area contributed by atoms with Gasteiger partial charge in [-0.2, -0.15) is 5.26 Å². The molecule has 1 aliphatic rings. The van der Waals surface area contributed by atoms with E-state index in [1.54, 1.807) is 12.1 Å². The molecule has 21 heavy (non-hydrogen) atoms. The minimum atomic E-state index is -0.483. The number of nitrogens with zero attached hydrogens (tertiary/aromatic N) is 2. The summed E-state index contributed by atoms with van der Waals surface area (Å²) in [6.07, 6.45) is 0. The fraction of sp³-hybridized carbons (Fsp3) is 0.222. The van der Waals surface area contributed by atoms with Gasteiger partial charge in [-0.15, -0.1) is 0 Å². The van der Waals surface area contributed by atoms with Crippen molar-refractivity contribution >= 4 is 11.6 Å². The van der Waals surface area contributed by atoms with Gasteiger partial charge in [0.25, 0.3) is 0 Å². The van der Waals surface area contributed by atoms with Crippen molar-refractivity contribution < 1.29 is 4.79 Å². The standard InChI is InChI=1S/C18H16N2O/c1-18(2)15-5-3-4-6-16(15)20(17(18)21)12-14-9-7-13(11-19)8-10-14/h3-10H,12H2,1-2H3. The Morgan fingerprint density at radius 3 is 2.43 bits per heavy atom. The molecule has 0 atom stereocenters. The van der Waals surface area contributed by atoms with Gasteiger partial charge in [0.15, 0.2) is 0 Å². The van der Waals surface area contributed by atoms with Gasteiger partial charge in [0, 0.05) is 5.69 Å². The Balaban J connectivity index is 1.96. The minimum Gasteiger partial charge on any atom is -0.307 e. The van der Waals surface area contributed by atoms with Crippen LogP contribution in [0, 0.1) is 11.3 Å². The third kappa shape index (κ3) is 2.09. The first-order chi connectivity index (χ1) is 10.0. The summed E-state index contributed by atoms with van der Waals surface area (Å²) in [5.74, 6) is 0.119. The zero-order valence-electron chi connectivity index (χ0n) is 12.1. The number of hydrogen-bond donors (Lipinski definition) is 0. The van der Waals surface area contributed by atoms with E-state index in [0.29, 0.717) is 12.1 Å². The number of carbonyl (C=O) groups is 1. The predicted octanol–water partition coefficient (Wildman–Crippen LogP) is 3.38. The lowest BCUT2D eigenvalue weighted by molar-refractivity contribution is -0.122. The summed E-state index contributed by atoms with van der Waals surface area (Å²) in [4.78, 5) is 14.5. The van der Waals surface area contributed by atoms with Crippen LogP contribution in [0.3, 0.4) is 0 Å². The topological polar surface area (TPSA) is 44.1 Å². The van der Waals surface area contributed by atoms with E-state index in [2.05, 4.69) is 6.07 Å². The van der Waals surface area contributed by atoms with Crippen molar-refractivity contribution in [2.45, 2.75) is 25.8 Å². The zero-order valence-corrected chi connectivity index (χ0v) is 12.1. The molecule has 0 saturated heterocycles. The van der Waals surface area contributed by atoms with E-state index in [1.807, 2.05) is 55.1 Å². The molecule has 1 amide bonds. The first kappa shape index (κ1) is 13.4. The van der Waals surface area contributed by atoms with Crippen LogP contribution in [-0.4, -0.2) is 5.91 Å². The lowest BCUT2D eigenvalue weighted by atomic mass is 9.86. The maximum absolute atomic E-state index is 12.7. The average molecular weight is 276 g/mol. The summed E-state index contributed by atoms with van der Waals surface area (Å²) in [5.41, 5.74) is 3.23. The monoisotopic (exact) mass is 276 g/mol. The second kappa shape index (κ2) is 4.75. The molecule has 0 unspecified atom stereocenters. The number of nitriles is 1. The number of rotatable bonds is 2. The first-order valence-corrected chi connectivity index (χ1v) is 6.94. The molecule has 3 rings (SSSR count). The summed E-state index contributed by atoms with van der Waals surface area (Å²) in [6, 6.07) is 17.4.